The third-order valence-electron chi connectivity index (χ3n) is 1.72. The number of carbonyl (C=O) groups is 1. The van der Waals surface area contributed by atoms with Crippen LogP contribution in [0, 0.1) is 0 Å². The van der Waals surface area contributed by atoms with Gasteiger partial charge in [0, 0.05) is 6.42 Å². The highest BCUT2D eigenvalue weighted by Crippen LogP contribution is 2.27. The van der Waals surface area contributed by atoms with Gasteiger partial charge in [-0.2, -0.15) is 0 Å². The highest BCUT2D eigenvalue weighted by molar-refractivity contribution is 9.10. The lowest BCUT2D eigenvalue weighted by Gasteiger charge is -2.33. The Morgan fingerprint density at radius 2 is 2.30 bits per heavy atom. The van der Waals surface area contributed by atoms with Crippen molar-refractivity contribution in [3.8, 4) is 0 Å². The van der Waals surface area contributed by atoms with Crippen LogP contribution in [0.1, 0.15) is 20.3 Å². The second kappa shape index (κ2) is 2.62. The quantitative estimate of drug-likeness (QED) is 0.563. The number of alkyl halides is 1. The molecule has 3 heteroatoms. The van der Waals surface area contributed by atoms with E-state index in [4.69, 9.17) is 4.74 Å². The van der Waals surface area contributed by atoms with E-state index >= 15 is 0 Å². The van der Waals surface area contributed by atoms with Gasteiger partial charge in [0.15, 0.2) is 5.78 Å². The Morgan fingerprint density at radius 3 is 2.70 bits per heavy atom. The van der Waals surface area contributed by atoms with Crippen molar-refractivity contribution in [3.63, 3.8) is 0 Å². The summed E-state index contributed by atoms with van der Waals surface area (Å²) in [6.45, 7) is 4.40. The van der Waals surface area contributed by atoms with E-state index < -0.39 is 0 Å². The van der Waals surface area contributed by atoms with Crippen molar-refractivity contribution in [2.24, 2.45) is 0 Å². The summed E-state index contributed by atoms with van der Waals surface area (Å²) in [6, 6.07) is 0. The molecule has 58 valence electrons. The molecule has 10 heavy (non-hydrogen) atoms. The van der Waals surface area contributed by atoms with Gasteiger partial charge in [0.1, 0.15) is 4.83 Å². The van der Waals surface area contributed by atoms with E-state index in [1.54, 1.807) is 0 Å². The fraction of sp³-hybridized carbons (Fsp3) is 0.857. The van der Waals surface area contributed by atoms with Crippen molar-refractivity contribution in [2.45, 2.75) is 30.7 Å². The summed E-state index contributed by atoms with van der Waals surface area (Å²) in [7, 11) is 0. The Morgan fingerprint density at radius 1 is 1.70 bits per heavy atom. The molecule has 0 N–H and O–H groups in total. The average Bonchev–Trinajstić information content (AvgIpc) is 1.83. The summed E-state index contributed by atoms with van der Waals surface area (Å²) in [4.78, 5) is 11.0. The molecule has 0 aromatic heterocycles. The number of hydrogen-bond donors (Lipinski definition) is 0. The first-order valence-corrected chi connectivity index (χ1v) is 4.26. The van der Waals surface area contributed by atoms with Crippen LogP contribution < -0.4 is 0 Å². The van der Waals surface area contributed by atoms with Gasteiger partial charge in [0.05, 0.1) is 12.2 Å². The largest absolute Gasteiger partial charge is 0.373 e. The highest BCUT2D eigenvalue weighted by atomic mass is 79.9. The lowest BCUT2D eigenvalue weighted by atomic mass is 9.97. The third-order valence-corrected chi connectivity index (χ3v) is 3.33. The minimum Gasteiger partial charge on any atom is -0.373 e. The number of rotatable bonds is 0. The smallest absolute Gasteiger partial charge is 0.151 e. The molecule has 1 unspecified atom stereocenters. The molecule has 1 fully saturated rings. The molecular weight excluding hydrogens is 196 g/mol. The van der Waals surface area contributed by atoms with Crippen LogP contribution in [-0.2, 0) is 9.53 Å². The lowest BCUT2D eigenvalue weighted by Crippen LogP contribution is -2.45. The van der Waals surface area contributed by atoms with Crippen molar-refractivity contribution in [1.82, 2.24) is 0 Å². The maximum absolute atomic E-state index is 11.1. The van der Waals surface area contributed by atoms with Crippen molar-refractivity contribution >= 4 is 21.7 Å². The van der Waals surface area contributed by atoms with Gasteiger partial charge < -0.3 is 4.74 Å². The molecular formula is C7H11BrO2. The molecule has 1 aliphatic rings. The molecule has 0 bridgehead atoms. The van der Waals surface area contributed by atoms with E-state index in [0.717, 1.165) is 0 Å². The molecule has 1 heterocycles. The van der Waals surface area contributed by atoms with Crippen LogP contribution in [0.3, 0.4) is 0 Å². The number of hydrogen-bond acceptors (Lipinski definition) is 2. The Balaban J connectivity index is 2.69. The van der Waals surface area contributed by atoms with Gasteiger partial charge in [-0.15, -0.1) is 0 Å². The van der Waals surface area contributed by atoms with Gasteiger partial charge in [-0.1, -0.05) is 15.9 Å². The zero-order valence-corrected chi connectivity index (χ0v) is 7.77. The second-order valence-corrected chi connectivity index (χ2v) is 3.95. The summed E-state index contributed by atoms with van der Waals surface area (Å²) in [6.07, 6.45) is 0.541. The van der Waals surface area contributed by atoms with E-state index in [0.29, 0.717) is 13.0 Å². The molecule has 2 nitrogen and oxygen atoms in total. The molecule has 0 aromatic carbocycles. The Hall–Kier alpha value is 0.110. The second-order valence-electron chi connectivity index (χ2n) is 3.03. The summed E-state index contributed by atoms with van der Waals surface area (Å²) < 4.78 is 5.38. The molecule has 1 rings (SSSR count). The first-order valence-electron chi connectivity index (χ1n) is 3.35. The Labute approximate surface area is 69.1 Å². The van der Waals surface area contributed by atoms with Crippen LogP contribution in [0.4, 0.5) is 0 Å². The molecule has 1 saturated heterocycles. The van der Waals surface area contributed by atoms with E-state index in [-0.39, 0.29) is 16.2 Å². The number of ether oxygens (including phenoxy) is 1. The van der Waals surface area contributed by atoms with Crippen LogP contribution in [0.5, 0.6) is 0 Å². The summed E-state index contributed by atoms with van der Waals surface area (Å²) in [5.41, 5.74) is -0.324. The SMILES string of the molecule is CC1(C)OCCC(=O)C1Br. The maximum Gasteiger partial charge on any atom is 0.151 e. The van der Waals surface area contributed by atoms with Crippen LogP contribution in [0.25, 0.3) is 0 Å². The van der Waals surface area contributed by atoms with Gasteiger partial charge >= 0.3 is 0 Å². The summed E-state index contributed by atoms with van der Waals surface area (Å²) >= 11 is 3.30. The van der Waals surface area contributed by atoms with Crippen molar-refractivity contribution in [3.05, 3.63) is 0 Å². The van der Waals surface area contributed by atoms with Crippen LogP contribution >= 0.6 is 15.9 Å². The lowest BCUT2D eigenvalue weighted by molar-refractivity contribution is -0.133. The zero-order chi connectivity index (χ0) is 7.78. The Kier molecular flexibility index (Phi) is 2.15. The van der Waals surface area contributed by atoms with E-state index in [2.05, 4.69) is 15.9 Å². The predicted molar refractivity (Wildman–Crippen MR) is 42.4 cm³/mol. The first kappa shape index (κ1) is 8.21. The third kappa shape index (κ3) is 1.40. The van der Waals surface area contributed by atoms with Gasteiger partial charge in [0.25, 0.3) is 0 Å². The molecule has 0 aromatic rings. The molecule has 0 aliphatic carbocycles. The van der Waals surface area contributed by atoms with E-state index in [1.807, 2.05) is 13.8 Å². The Bertz CT molecular complexity index is 154. The molecule has 0 saturated carbocycles. The first-order chi connectivity index (χ1) is 4.54. The normalized spacial score (nSPS) is 32.3. The summed E-state index contributed by atoms with van der Waals surface area (Å²) in [5.74, 6) is 0.247. The van der Waals surface area contributed by atoms with Gasteiger partial charge in [-0.25, -0.2) is 0 Å². The minimum absolute atomic E-state index is 0.131. The van der Waals surface area contributed by atoms with Gasteiger partial charge in [-0.3, -0.25) is 4.79 Å². The van der Waals surface area contributed by atoms with Crippen molar-refractivity contribution < 1.29 is 9.53 Å². The minimum atomic E-state index is -0.324. The number of halogens is 1. The van der Waals surface area contributed by atoms with Crippen LogP contribution in [0.15, 0.2) is 0 Å². The molecule has 0 radical (unpaired) electrons. The topological polar surface area (TPSA) is 26.3 Å². The number of Topliss-reactive ketones (excluding diaryl/α,β-unsaturated/α-hetero) is 1. The molecule has 0 spiro atoms. The van der Waals surface area contributed by atoms with E-state index in [1.165, 1.54) is 0 Å². The maximum atomic E-state index is 11.1. The highest BCUT2D eigenvalue weighted by Gasteiger charge is 2.37. The molecule has 1 atom stereocenters. The van der Waals surface area contributed by atoms with Crippen LogP contribution in [0.2, 0.25) is 0 Å². The van der Waals surface area contributed by atoms with Crippen LogP contribution in [-0.4, -0.2) is 22.8 Å². The number of ketones is 1. The molecule has 1 aliphatic heterocycles. The van der Waals surface area contributed by atoms with Crippen molar-refractivity contribution in [2.75, 3.05) is 6.61 Å². The molecule has 0 amide bonds. The monoisotopic (exact) mass is 206 g/mol. The number of carbonyl (C=O) groups excluding carboxylic acids is 1. The zero-order valence-electron chi connectivity index (χ0n) is 6.19. The average molecular weight is 207 g/mol. The summed E-state index contributed by atoms with van der Waals surface area (Å²) in [5, 5.41) is 0. The fourth-order valence-corrected chi connectivity index (χ4v) is 1.36. The fourth-order valence-electron chi connectivity index (χ4n) is 1.00. The predicted octanol–water partition coefficient (Wildman–Crippen LogP) is 1.52. The van der Waals surface area contributed by atoms with E-state index in [9.17, 15) is 4.79 Å². The van der Waals surface area contributed by atoms with Gasteiger partial charge in [0.2, 0.25) is 0 Å². The van der Waals surface area contributed by atoms with Crippen molar-refractivity contribution in [1.29, 1.82) is 0 Å². The standard InChI is InChI=1S/C7H11BrO2/c1-7(2)6(8)5(9)3-4-10-7/h6H,3-4H2,1-2H3. The van der Waals surface area contributed by atoms with Gasteiger partial charge in [-0.05, 0) is 13.8 Å².